The number of carbonyl (C=O) groups is 1. The molecular formula is C20H30Cl2FN3O2. The van der Waals surface area contributed by atoms with Crippen molar-refractivity contribution in [1.29, 1.82) is 0 Å². The van der Waals surface area contributed by atoms with Crippen LogP contribution >= 0.6 is 24.8 Å². The number of nitrogens with one attached hydrogen (secondary N) is 1. The van der Waals surface area contributed by atoms with E-state index in [9.17, 15) is 9.18 Å². The number of benzene rings is 1. The van der Waals surface area contributed by atoms with E-state index in [1.807, 2.05) is 11.0 Å². The average Bonchev–Trinajstić information content (AvgIpc) is 3.35. The lowest BCUT2D eigenvalue weighted by Crippen LogP contribution is -2.49. The molecule has 28 heavy (non-hydrogen) atoms. The summed E-state index contributed by atoms with van der Waals surface area (Å²) in [4.78, 5) is 17.2. The fraction of sp³-hybridized carbons (Fsp3) is 0.650. The first-order chi connectivity index (χ1) is 12.6. The fourth-order valence-corrected chi connectivity index (χ4v) is 4.59. The molecule has 4 rings (SSSR count). The van der Waals surface area contributed by atoms with Gasteiger partial charge in [0.1, 0.15) is 0 Å². The summed E-state index contributed by atoms with van der Waals surface area (Å²) >= 11 is 0. The molecule has 2 heterocycles. The number of hydrogen-bond donors (Lipinski definition) is 1. The third kappa shape index (κ3) is 4.73. The van der Waals surface area contributed by atoms with Gasteiger partial charge in [-0.1, -0.05) is 6.07 Å². The predicted molar refractivity (Wildman–Crippen MR) is 112 cm³/mol. The zero-order valence-electron chi connectivity index (χ0n) is 16.3. The number of nitrogens with zero attached hydrogens (tertiary/aromatic N) is 2. The standard InChI is InChI=1S/C20H28FN3O2.2ClH/c1-26-18-3-2-15(12-17(18)21)14-23-8-10-24(11-9-23)19(25)16-13-20(16)4-6-22-7-5-20;;/h2-3,12,16,22H,4-11,13-14H2,1H3;2*1H. The minimum absolute atomic E-state index is 0. The van der Waals surface area contributed by atoms with Gasteiger partial charge in [0.05, 0.1) is 7.11 Å². The van der Waals surface area contributed by atoms with Crippen LogP contribution in [0.3, 0.4) is 0 Å². The van der Waals surface area contributed by atoms with Crippen molar-refractivity contribution in [2.45, 2.75) is 25.8 Å². The maximum absolute atomic E-state index is 13.8. The first-order valence-corrected chi connectivity index (χ1v) is 9.66. The molecule has 2 saturated heterocycles. The molecule has 1 amide bonds. The van der Waals surface area contributed by atoms with E-state index in [-0.39, 0.29) is 42.3 Å². The zero-order chi connectivity index (χ0) is 18.1. The summed E-state index contributed by atoms with van der Waals surface area (Å²) < 4.78 is 18.8. The van der Waals surface area contributed by atoms with E-state index in [0.717, 1.165) is 64.1 Å². The van der Waals surface area contributed by atoms with Crippen molar-refractivity contribution in [2.75, 3.05) is 46.4 Å². The molecule has 0 radical (unpaired) electrons. The van der Waals surface area contributed by atoms with E-state index < -0.39 is 0 Å². The molecule has 3 fully saturated rings. The number of carbonyl (C=O) groups excluding carboxylic acids is 1. The van der Waals surface area contributed by atoms with Crippen molar-refractivity contribution in [3.8, 4) is 5.75 Å². The van der Waals surface area contributed by atoms with Crippen LogP contribution in [0.2, 0.25) is 0 Å². The molecular weight excluding hydrogens is 404 g/mol. The second-order valence-corrected chi connectivity index (χ2v) is 7.94. The summed E-state index contributed by atoms with van der Waals surface area (Å²) in [7, 11) is 1.47. The van der Waals surface area contributed by atoms with Gasteiger partial charge in [-0.15, -0.1) is 24.8 Å². The molecule has 5 nitrogen and oxygen atoms in total. The van der Waals surface area contributed by atoms with Crippen molar-refractivity contribution >= 4 is 30.7 Å². The van der Waals surface area contributed by atoms with Gasteiger partial charge in [-0.2, -0.15) is 0 Å². The summed E-state index contributed by atoms with van der Waals surface area (Å²) in [5.41, 5.74) is 1.25. The first kappa shape index (κ1) is 23.2. The van der Waals surface area contributed by atoms with Gasteiger partial charge in [-0.3, -0.25) is 9.69 Å². The summed E-state index contributed by atoms with van der Waals surface area (Å²) in [6.07, 6.45) is 3.37. The van der Waals surface area contributed by atoms with E-state index in [1.54, 1.807) is 12.1 Å². The number of hydrogen-bond acceptors (Lipinski definition) is 4. The van der Waals surface area contributed by atoms with Crippen molar-refractivity contribution in [1.82, 2.24) is 15.1 Å². The monoisotopic (exact) mass is 433 g/mol. The van der Waals surface area contributed by atoms with Crippen molar-refractivity contribution in [3.63, 3.8) is 0 Å². The minimum atomic E-state index is -0.320. The van der Waals surface area contributed by atoms with Gasteiger partial charge in [0.2, 0.25) is 5.91 Å². The first-order valence-electron chi connectivity index (χ1n) is 9.66. The summed E-state index contributed by atoms with van der Waals surface area (Å²) in [6, 6.07) is 5.13. The molecule has 1 aliphatic carbocycles. The van der Waals surface area contributed by atoms with Gasteiger partial charge in [0.15, 0.2) is 11.6 Å². The summed E-state index contributed by atoms with van der Waals surface area (Å²) in [5.74, 6) is 0.578. The molecule has 1 aromatic rings. The zero-order valence-corrected chi connectivity index (χ0v) is 17.9. The summed E-state index contributed by atoms with van der Waals surface area (Å²) in [5, 5.41) is 3.39. The van der Waals surface area contributed by atoms with Crippen LogP contribution < -0.4 is 10.1 Å². The van der Waals surface area contributed by atoms with Crippen LogP contribution in [-0.2, 0) is 11.3 Å². The molecule has 0 aromatic heterocycles. The lowest BCUT2D eigenvalue weighted by atomic mass is 9.91. The van der Waals surface area contributed by atoms with E-state index in [0.29, 0.717) is 17.9 Å². The number of amides is 1. The second kappa shape index (κ2) is 9.61. The van der Waals surface area contributed by atoms with E-state index in [2.05, 4.69) is 10.2 Å². The normalized spacial score (nSPS) is 23.5. The highest BCUT2D eigenvalue weighted by molar-refractivity contribution is 5.85. The Bertz CT molecular complexity index is 677. The van der Waals surface area contributed by atoms with Gasteiger partial charge in [-0.05, 0) is 55.5 Å². The summed E-state index contributed by atoms with van der Waals surface area (Å²) in [6.45, 7) is 6.07. The van der Waals surface area contributed by atoms with Crippen LogP contribution in [0.5, 0.6) is 5.75 Å². The molecule has 1 saturated carbocycles. The van der Waals surface area contributed by atoms with Crippen LogP contribution in [0.4, 0.5) is 4.39 Å². The van der Waals surface area contributed by atoms with Gasteiger partial charge >= 0.3 is 0 Å². The molecule has 3 aliphatic rings. The smallest absolute Gasteiger partial charge is 0.226 e. The Kier molecular flexibility index (Phi) is 7.97. The lowest BCUT2D eigenvalue weighted by Gasteiger charge is -2.35. The van der Waals surface area contributed by atoms with Crippen molar-refractivity contribution in [3.05, 3.63) is 29.6 Å². The molecule has 1 spiro atoms. The van der Waals surface area contributed by atoms with E-state index in [1.165, 1.54) is 7.11 Å². The molecule has 158 valence electrons. The fourth-order valence-electron chi connectivity index (χ4n) is 4.59. The molecule has 0 bridgehead atoms. The predicted octanol–water partition coefficient (Wildman–Crippen LogP) is 2.71. The Hall–Kier alpha value is -1.08. The highest BCUT2D eigenvalue weighted by atomic mass is 35.5. The highest BCUT2D eigenvalue weighted by Crippen LogP contribution is 2.59. The van der Waals surface area contributed by atoms with E-state index >= 15 is 0 Å². The topological polar surface area (TPSA) is 44.8 Å². The van der Waals surface area contributed by atoms with Crippen molar-refractivity contribution < 1.29 is 13.9 Å². The molecule has 2 aliphatic heterocycles. The van der Waals surface area contributed by atoms with Crippen LogP contribution in [0.15, 0.2) is 18.2 Å². The second-order valence-electron chi connectivity index (χ2n) is 7.94. The third-order valence-electron chi connectivity index (χ3n) is 6.39. The van der Waals surface area contributed by atoms with Crippen LogP contribution in [0.25, 0.3) is 0 Å². The quantitative estimate of drug-likeness (QED) is 0.792. The Morgan fingerprint density at radius 2 is 1.89 bits per heavy atom. The Labute approximate surface area is 178 Å². The number of piperidine rings is 1. The SMILES string of the molecule is COc1ccc(CN2CCN(C(=O)C3CC34CCNCC4)CC2)cc1F.Cl.Cl. The van der Waals surface area contributed by atoms with Crippen molar-refractivity contribution in [2.24, 2.45) is 11.3 Å². The Morgan fingerprint density at radius 3 is 2.50 bits per heavy atom. The average molecular weight is 434 g/mol. The molecule has 1 unspecified atom stereocenters. The van der Waals surface area contributed by atoms with E-state index in [4.69, 9.17) is 4.74 Å². The minimum Gasteiger partial charge on any atom is -0.494 e. The molecule has 8 heteroatoms. The lowest BCUT2D eigenvalue weighted by molar-refractivity contribution is -0.135. The van der Waals surface area contributed by atoms with Gasteiger partial charge in [0, 0.05) is 38.6 Å². The number of piperazine rings is 1. The van der Waals surface area contributed by atoms with Gasteiger partial charge < -0.3 is 15.0 Å². The van der Waals surface area contributed by atoms with Gasteiger partial charge in [-0.25, -0.2) is 4.39 Å². The molecule has 1 N–H and O–H groups in total. The van der Waals surface area contributed by atoms with Crippen LogP contribution in [0.1, 0.15) is 24.8 Å². The van der Waals surface area contributed by atoms with Crippen LogP contribution in [-0.4, -0.2) is 62.1 Å². The molecule has 1 atom stereocenters. The molecule has 1 aromatic carbocycles. The largest absolute Gasteiger partial charge is 0.494 e. The maximum Gasteiger partial charge on any atom is 0.226 e. The Morgan fingerprint density at radius 1 is 1.21 bits per heavy atom. The number of methoxy groups -OCH3 is 1. The third-order valence-corrected chi connectivity index (χ3v) is 6.39. The Balaban J connectivity index is 0.00000140. The highest BCUT2D eigenvalue weighted by Gasteiger charge is 2.58. The number of rotatable bonds is 4. The maximum atomic E-state index is 13.8. The van der Waals surface area contributed by atoms with Gasteiger partial charge in [0.25, 0.3) is 0 Å². The number of halogens is 3. The van der Waals surface area contributed by atoms with Crippen LogP contribution in [0, 0.1) is 17.2 Å². The number of ether oxygens (including phenoxy) is 1.